The van der Waals surface area contributed by atoms with Gasteiger partial charge >= 0.3 is 0 Å². The van der Waals surface area contributed by atoms with E-state index in [1.165, 1.54) is 30.6 Å². The monoisotopic (exact) mass is 438 g/mol. The lowest BCUT2D eigenvalue weighted by atomic mass is 9.95. The van der Waals surface area contributed by atoms with E-state index in [1.54, 1.807) is 6.07 Å². The van der Waals surface area contributed by atoms with E-state index in [0.29, 0.717) is 16.6 Å². The molecule has 0 radical (unpaired) electrons. The lowest BCUT2D eigenvalue weighted by molar-refractivity contribution is -0.124. The Bertz CT molecular complexity index is 946. The van der Waals surface area contributed by atoms with E-state index in [2.05, 4.69) is 21.2 Å². The number of nitrogens with zero attached hydrogens (tertiary/aromatic N) is 1. The van der Waals surface area contributed by atoms with Crippen LogP contribution in [0.1, 0.15) is 11.1 Å². The zero-order chi connectivity index (χ0) is 18.9. The van der Waals surface area contributed by atoms with Crippen LogP contribution in [0.25, 0.3) is 0 Å². The highest BCUT2D eigenvalue weighted by atomic mass is 79.9. The zero-order valence-electron chi connectivity index (χ0n) is 14.4. The van der Waals surface area contributed by atoms with Gasteiger partial charge in [0.15, 0.2) is 0 Å². The van der Waals surface area contributed by atoms with Crippen LogP contribution in [-0.2, 0) is 27.8 Å². The minimum Gasteiger partial charge on any atom is -0.496 e. The molecule has 2 aromatic rings. The predicted molar refractivity (Wildman–Crippen MR) is 101 cm³/mol. The third-order valence-electron chi connectivity index (χ3n) is 4.48. The van der Waals surface area contributed by atoms with Crippen molar-refractivity contribution >= 4 is 31.9 Å². The summed E-state index contributed by atoms with van der Waals surface area (Å²) in [5.74, 6) is 0.214. The molecule has 1 N–H and O–H groups in total. The molecule has 0 bridgehead atoms. The average Bonchev–Trinajstić information content (AvgIpc) is 2.66. The second-order valence-electron chi connectivity index (χ2n) is 5.95. The van der Waals surface area contributed by atoms with Crippen LogP contribution in [0, 0.1) is 0 Å². The summed E-state index contributed by atoms with van der Waals surface area (Å²) in [5.41, 5.74) is 1.90. The number of sulfonamides is 1. The van der Waals surface area contributed by atoms with Crippen LogP contribution in [-0.4, -0.2) is 38.8 Å². The number of likely N-dealkylation sites (N-methyl/N-ethyl adjacent to an activating group) is 1. The normalized spacial score (nSPS) is 17.4. The summed E-state index contributed by atoms with van der Waals surface area (Å²) in [4.78, 5) is 12.5. The largest absolute Gasteiger partial charge is 0.496 e. The molecule has 1 amide bonds. The number of nitrogens with one attached hydrogen (secondary N) is 1. The fraction of sp³-hybridized carbons (Fsp3) is 0.278. The van der Waals surface area contributed by atoms with Gasteiger partial charge in [-0.05, 0) is 51.7 Å². The highest BCUT2D eigenvalue weighted by Gasteiger charge is 2.39. The Morgan fingerprint density at radius 1 is 1.23 bits per heavy atom. The number of rotatable bonds is 4. The number of hydrogen-bond donors (Lipinski definition) is 1. The van der Waals surface area contributed by atoms with Gasteiger partial charge in [0.2, 0.25) is 15.9 Å². The van der Waals surface area contributed by atoms with Gasteiger partial charge < -0.3 is 10.1 Å². The molecule has 2 aromatic carbocycles. The Hall–Kier alpha value is -1.90. The summed E-state index contributed by atoms with van der Waals surface area (Å²) in [7, 11) is -0.847. The number of hydrogen-bond acceptors (Lipinski definition) is 4. The third kappa shape index (κ3) is 3.36. The molecule has 0 aromatic heterocycles. The van der Waals surface area contributed by atoms with Gasteiger partial charge in [-0.3, -0.25) is 4.79 Å². The lowest BCUT2D eigenvalue weighted by Gasteiger charge is -2.34. The molecule has 8 heteroatoms. The number of carbonyl (C=O) groups excluding carboxylic acids is 1. The quantitative estimate of drug-likeness (QED) is 0.794. The number of benzene rings is 2. The standard InChI is InChI=1S/C18H19BrN2O4S/c1-20-18(22)16-9-12-5-3-4-6-13(12)11-21(16)26(23,24)14-7-8-17(25-2)15(19)10-14/h3-8,10,16H,9,11H2,1-2H3,(H,20,22). The van der Waals surface area contributed by atoms with Crippen molar-refractivity contribution in [3.8, 4) is 5.75 Å². The molecule has 0 saturated carbocycles. The number of amides is 1. The first-order valence-electron chi connectivity index (χ1n) is 8.02. The van der Waals surface area contributed by atoms with E-state index in [-0.39, 0.29) is 17.3 Å². The smallest absolute Gasteiger partial charge is 0.244 e. The molecule has 1 aliphatic rings. The van der Waals surface area contributed by atoms with Crippen LogP contribution in [0.15, 0.2) is 51.8 Å². The molecule has 1 unspecified atom stereocenters. The topological polar surface area (TPSA) is 75.7 Å². The van der Waals surface area contributed by atoms with Crippen molar-refractivity contribution in [1.82, 2.24) is 9.62 Å². The van der Waals surface area contributed by atoms with Crippen LogP contribution < -0.4 is 10.1 Å². The van der Waals surface area contributed by atoms with Crippen molar-refractivity contribution < 1.29 is 17.9 Å². The number of fused-ring (bicyclic) bond motifs is 1. The number of methoxy groups -OCH3 is 1. The Balaban J connectivity index is 2.06. The van der Waals surface area contributed by atoms with E-state index in [0.717, 1.165) is 11.1 Å². The average molecular weight is 439 g/mol. The summed E-state index contributed by atoms with van der Waals surface area (Å²) in [5, 5.41) is 2.57. The lowest BCUT2D eigenvalue weighted by Crippen LogP contribution is -2.51. The zero-order valence-corrected chi connectivity index (χ0v) is 16.8. The van der Waals surface area contributed by atoms with Gasteiger partial charge in [-0.25, -0.2) is 8.42 Å². The van der Waals surface area contributed by atoms with Gasteiger partial charge in [0.25, 0.3) is 0 Å². The van der Waals surface area contributed by atoms with E-state index in [1.807, 2.05) is 24.3 Å². The maximum absolute atomic E-state index is 13.3. The fourth-order valence-electron chi connectivity index (χ4n) is 3.08. The van der Waals surface area contributed by atoms with Crippen molar-refractivity contribution in [1.29, 1.82) is 0 Å². The first-order chi connectivity index (χ1) is 12.4. The third-order valence-corrected chi connectivity index (χ3v) is 6.95. The highest BCUT2D eigenvalue weighted by Crippen LogP contribution is 2.32. The van der Waals surface area contributed by atoms with Gasteiger partial charge in [0.1, 0.15) is 11.8 Å². The Labute approximate surface area is 161 Å². The van der Waals surface area contributed by atoms with E-state index < -0.39 is 16.1 Å². The Morgan fingerprint density at radius 3 is 2.54 bits per heavy atom. The Kier molecular flexibility index (Phi) is 5.36. The molecule has 3 rings (SSSR count). The van der Waals surface area contributed by atoms with Gasteiger partial charge in [-0.15, -0.1) is 0 Å². The number of ether oxygens (including phenoxy) is 1. The second kappa shape index (κ2) is 7.38. The predicted octanol–water partition coefficient (Wildman–Crippen LogP) is 2.32. The van der Waals surface area contributed by atoms with Crippen LogP contribution in [0.5, 0.6) is 5.75 Å². The summed E-state index contributed by atoms with van der Waals surface area (Å²) in [6, 6.07) is 11.4. The molecule has 26 heavy (non-hydrogen) atoms. The molecule has 6 nitrogen and oxygen atoms in total. The van der Waals surface area contributed by atoms with Crippen molar-refractivity contribution in [2.45, 2.75) is 23.9 Å². The van der Waals surface area contributed by atoms with Crippen LogP contribution >= 0.6 is 15.9 Å². The molecule has 0 spiro atoms. The summed E-state index contributed by atoms with van der Waals surface area (Å²) >= 11 is 3.32. The van der Waals surface area contributed by atoms with Crippen LogP contribution in [0.4, 0.5) is 0 Å². The van der Waals surface area contributed by atoms with Gasteiger partial charge in [0.05, 0.1) is 16.5 Å². The number of halogens is 1. The van der Waals surface area contributed by atoms with Crippen molar-refractivity contribution in [2.24, 2.45) is 0 Å². The van der Waals surface area contributed by atoms with Gasteiger partial charge in [0, 0.05) is 13.6 Å². The molecule has 0 fully saturated rings. The molecule has 138 valence electrons. The van der Waals surface area contributed by atoms with Crippen molar-refractivity contribution in [3.05, 3.63) is 58.1 Å². The molecule has 1 heterocycles. The van der Waals surface area contributed by atoms with Gasteiger partial charge in [-0.1, -0.05) is 24.3 Å². The van der Waals surface area contributed by atoms with Crippen molar-refractivity contribution in [3.63, 3.8) is 0 Å². The van der Waals surface area contributed by atoms with Crippen LogP contribution in [0.3, 0.4) is 0 Å². The maximum Gasteiger partial charge on any atom is 0.244 e. The molecular weight excluding hydrogens is 420 g/mol. The fourth-order valence-corrected chi connectivity index (χ4v) is 5.37. The van der Waals surface area contributed by atoms with E-state index in [4.69, 9.17) is 4.74 Å². The maximum atomic E-state index is 13.3. The summed E-state index contributed by atoms with van der Waals surface area (Å²) in [6.45, 7) is 0.153. The van der Waals surface area contributed by atoms with E-state index in [9.17, 15) is 13.2 Å². The SMILES string of the molecule is CNC(=O)C1Cc2ccccc2CN1S(=O)(=O)c1ccc(OC)c(Br)c1. The first-order valence-corrected chi connectivity index (χ1v) is 10.3. The summed E-state index contributed by atoms with van der Waals surface area (Å²) < 4.78 is 33.5. The minimum atomic E-state index is -3.87. The summed E-state index contributed by atoms with van der Waals surface area (Å²) in [6.07, 6.45) is 0.340. The second-order valence-corrected chi connectivity index (χ2v) is 8.69. The number of carbonyl (C=O) groups is 1. The van der Waals surface area contributed by atoms with E-state index >= 15 is 0 Å². The van der Waals surface area contributed by atoms with Crippen molar-refractivity contribution in [2.75, 3.05) is 14.2 Å². The molecule has 0 saturated heterocycles. The van der Waals surface area contributed by atoms with Gasteiger partial charge in [-0.2, -0.15) is 4.31 Å². The van der Waals surface area contributed by atoms with Crippen LogP contribution in [0.2, 0.25) is 0 Å². The molecule has 1 aliphatic heterocycles. The molecule has 0 aliphatic carbocycles. The Morgan fingerprint density at radius 2 is 1.92 bits per heavy atom. The molecular formula is C18H19BrN2O4S. The highest BCUT2D eigenvalue weighted by molar-refractivity contribution is 9.10. The molecule has 1 atom stereocenters. The minimum absolute atomic E-state index is 0.110. The first kappa shape index (κ1) is 18.9.